The highest BCUT2D eigenvalue weighted by atomic mass is 32.2. The topological polar surface area (TPSA) is 96.9 Å². The Morgan fingerprint density at radius 1 is 1.12 bits per heavy atom. The van der Waals surface area contributed by atoms with Crippen molar-refractivity contribution in [3.8, 4) is 0 Å². The lowest BCUT2D eigenvalue weighted by Crippen LogP contribution is -2.44. The number of nitrogens with one attached hydrogen (secondary N) is 1. The molecule has 0 amide bonds. The van der Waals surface area contributed by atoms with Crippen molar-refractivity contribution in [1.29, 1.82) is 0 Å². The Bertz CT molecular complexity index is 1150. The normalized spacial score (nSPS) is 23.6. The van der Waals surface area contributed by atoms with Gasteiger partial charge in [-0.15, -0.1) is 0 Å². The van der Waals surface area contributed by atoms with Crippen LogP contribution in [0.3, 0.4) is 0 Å². The molecule has 3 aliphatic heterocycles. The molecule has 1 aromatic heterocycles. The maximum atomic E-state index is 11.9. The van der Waals surface area contributed by atoms with E-state index in [2.05, 4.69) is 27.3 Å². The smallest absolute Gasteiger partial charge is 0.227 e. The third kappa shape index (κ3) is 4.83. The molecule has 2 aromatic rings. The van der Waals surface area contributed by atoms with Gasteiger partial charge in [-0.25, -0.2) is 22.7 Å². The van der Waals surface area contributed by atoms with Gasteiger partial charge in [0.15, 0.2) is 0 Å². The molecule has 10 heteroatoms. The van der Waals surface area contributed by atoms with E-state index in [0.29, 0.717) is 31.2 Å². The second-order valence-electron chi connectivity index (χ2n) is 8.76. The molecule has 0 saturated carbocycles. The molecule has 0 bridgehead atoms. The number of benzene rings is 1. The van der Waals surface area contributed by atoms with E-state index in [-0.39, 0.29) is 12.0 Å². The predicted octanol–water partition coefficient (Wildman–Crippen LogP) is 2.39. The molecule has 2 saturated heterocycles. The lowest BCUT2D eigenvalue weighted by molar-refractivity contribution is 0.0965. The van der Waals surface area contributed by atoms with Crippen LogP contribution in [0.15, 0.2) is 36.5 Å². The SMILES string of the molecule is Cc1cnc(Nc2ccc(N3CCOCC3)cc2)nc1C1=CC2CN(S(C)(=O)=O)CCC2O1. The molecule has 5 rings (SSSR count). The maximum absolute atomic E-state index is 11.9. The number of anilines is 3. The molecule has 176 valence electrons. The van der Waals surface area contributed by atoms with Crippen LogP contribution in [0, 0.1) is 12.8 Å². The summed E-state index contributed by atoms with van der Waals surface area (Å²) in [6.45, 7) is 6.18. The average molecular weight is 472 g/mol. The molecule has 2 fully saturated rings. The second-order valence-corrected chi connectivity index (χ2v) is 10.7. The highest BCUT2D eigenvalue weighted by Crippen LogP contribution is 2.36. The van der Waals surface area contributed by atoms with E-state index < -0.39 is 10.0 Å². The minimum Gasteiger partial charge on any atom is -0.488 e. The Labute approximate surface area is 194 Å². The first-order valence-electron chi connectivity index (χ1n) is 11.2. The summed E-state index contributed by atoms with van der Waals surface area (Å²) in [5.74, 6) is 1.22. The Balaban J connectivity index is 1.31. The quantitative estimate of drug-likeness (QED) is 0.710. The van der Waals surface area contributed by atoms with Crippen molar-refractivity contribution < 1.29 is 17.9 Å². The van der Waals surface area contributed by atoms with Gasteiger partial charge in [-0.3, -0.25) is 0 Å². The van der Waals surface area contributed by atoms with Gasteiger partial charge in [0.25, 0.3) is 0 Å². The third-order valence-corrected chi connectivity index (χ3v) is 7.64. The number of hydrogen-bond acceptors (Lipinski definition) is 8. The molecule has 0 spiro atoms. The third-order valence-electron chi connectivity index (χ3n) is 6.37. The summed E-state index contributed by atoms with van der Waals surface area (Å²) in [4.78, 5) is 11.5. The van der Waals surface area contributed by atoms with Gasteiger partial charge < -0.3 is 19.7 Å². The Morgan fingerprint density at radius 3 is 2.61 bits per heavy atom. The zero-order chi connectivity index (χ0) is 23.0. The van der Waals surface area contributed by atoms with E-state index >= 15 is 0 Å². The predicted molar refractivity (Wildman–Crippen MR) is 127 cm³/mol. The number of fused-ring (bicyclic) bond motifs is 1. The molecule has 0 aliphatic carbocycles. The van der Waals surface area contributed by atoms with E-state index in [1.165, 1.54) is 16.2 Å². The number of piperidine rings is 1. The van der Waals surface area contributed by atoms with Gasteiger partial charge in [0.05, 0.1) is 19.5 Å². The number of aromatic nitrogens is 2. The summed E-state index contributed by atoms with van der Waals surface area (Å²) < 4.78 is 37.0. The summed E-state index contributed by atoms with van der Waals surface area (Å²) in [6.07, 6.45) is 5.70. The molecule has 9 nitrogen and oxygen atoms in total. The van der Waals surface area contributed by atoms with Crippen molar-refractivity contribution in [1.82, 2.24) is 14.3 Å². The van der Waals surface area contributed by atoms with Gasteiger partial charge in [0.1, 0.15) is 17.6 Å². The average Bonchev–Trinajstić information content (AvgIpc) is 3.24. The molecule has 4 heterocycles. The van der Waals surface area contributed by atoms with Gasteiger partial charge in [-0.05, 0) is 49.2 Å². The van der Waals surface area contributed by atoms with E-state index in [4.69, 9.17) is 14.5 Å². The van der Waals surface area contributed by atoms with Gasteiger partial charge in [0.2, 0.25) is 16.0 Å². The van der Waals surface area contributed by atoms with Crippen LogP contribution in [-0.4, -0.2) is 74.4 Å². The summed E-state index contributed by atoms with van der Waals surface area (Å²) in [6, 6.07) is 8.22. The highest BCUT2D eigenvalue weighted by Gasteiger charge is 2.38. The molecule has 1 aromatic carbocycles. The number of hydrogen-bond donors (Lipinski definition) is 1. The van der Waals surface area contributed by atoms with Crippen molar-refractivity contribution >= 4 is 33.1 Å². The van der Waals surface area contributed by atoms with Crippen LogP contribution in [0.1, 0.15) is 17.7 Å². The van der Waals surface area contributed by atoms with Gasteiger partial charge in [0, 0.05) is 49.7 Å². The summed E-state index contributed by atoms with van der Waals surface area (Å²) in [5.41, 5.74) is 3.72. The molecule has 33 heavy (non-hydrogen) atoms. The van der Waals surface area contributed by atoms with Gasteiger partial charge in [-0.2, -0.15) is 0 Å². The van der Waals surface area contributed by atoms with Crippen molar-refractivity contribution in [3.05, 3.63) is 47.8 Å². The first-order valence-corrected chi connectivity index (χ1v) is 13.1. The molecule has 2 unspecified atom stereocenters. The van der Waals surface area contributed by atoms with Gasteiger partial charge >= 0.3 is 0 Å². The molecule has 0 radical (unpaired) electrons. The maximum Gasteiger partial charge on any atom is 0.227 e. The number of aryl methyl sites for hydroxylation is 1. The van der Waals surface area contributed by atoms with Crippen LogP contribution in [0.2, 0.25) is 0 Å². The fourth-order valence-corrected chi connectivity index (χ4v) is 5.41. The monoisotopic (exact) mass is 471 g/mol. The van der Waals surface area contributed by atoms with Crippen LogP contribution < -0.4 is 10.2 Å². The lowest BCUT2D eigenvalue weighted by Gasteiger charge is -2.32. The first-order chi connectivity index (χ1) is 15.9. The number of sulfonamides is 1. The summed E-state index contributed by atoms with van der Waals surface area (Å²) in [7, 11) is -3.20. The summed E-state index contributed by atoms with van der Waals surface area (Å²) >= 11 is 0. The van der Waals surface area contributed by atoms with Crippen LogP contribution in [-0.2, 0) is 19.5 Å². The molecular formula is C23H29N5O4S. The van der Waals surface area contributed by atoms with Crippen molar-refractivity contribution in [2.24, 2.45) is 5.92 Å². The number of nitrogens with zero attached hydrogens (tertiary/aromatic N) is 4. The Kier molecular flexibility index (Phi) is 5.98. The van der Waals surface area contributed by atoms with Crippen LogP contribution >= 0.6 is 0 Å². The van der Waals surface area contributed by atoms with Crippen LogP contribution in [0.25, 0.3) is 5.76 Å². The van der Waals surface area contributed by atoms with Crippen molar-refractivity contribution in [2.45, 2.75) is 19.4 Å². The Hall–Kier alpha value is -2.69. The highest BCUT2D eigenvalue weighted by molar-refractivity contribution is 7.88. The first kappa shape index (κ1) is 22.1. The van der Waals surface area contributed by atoms with E-state index in [9.17, 15) is 8.42 Å². The fourth-order valence-electron chi connectivity index (χ4n) is 4.53. The van der Waals surface area contributed by atoms with E-state index in [1.54, 1.807) is 6.20 Å². The van der Waals surface area contributed by atoms with E-state index in [1.807, 2.05) is 25.1 Å². The van der Waals surface area contributed by atoms with Crippen molar-refractivity contribution in [2.75, 3.05) is 55.9 Å². The zero-order valence-corrected chi connectivity index (χ0v) is 19.7. The summed E-state index contributed by atoms with van der Waals surface area (Å²) in [5, 5.41) is 3.28. The minimum atomic E-state index is -3.20. The number of rotatable bonds is 5. The second kappa shape index (κ2) is 8.92. The molecule has 3 aliphatic rings. The van der Waals surface area contributed by atoms with E-state index in [0.717, 1.165) is 43.2 Å². The zero-order valence-electron chi connectivity index (χ0n) is 18.9. The molecule has 2 atom stereocenters. The molecule has 1 N–H and O–H groups in total. The standard InChI is InChI=1S/C23H29N5O4S/c1-16-14-24-23(25-18-3-5-19(6-4-18)27-9-11-31-12-10-27)26-22(16)21-13-17-15-28(33(2,29)30)8-7-20(17)32-21/h3-6,13-14,17,20H,7-12,15H2,1-2H3,(H,24,25,26). The van der Waals surface area contributed by atoms with Gasteiger partial charge in [-0.1, -0.05) is 0 Å². The minimum absolute atomic E-state index is 0.0171. The van der Waals surface area contributed by atoms with Crippen molar-refractivity contribution in [3.63, 3.8) is 0 Å². The number of morpholine rings is 1. The molecular weight excluding hydrogens is 442 g/mol. The Morgan fingerprint density at radius 2 is 1.88 bits per heavy atom. The fraction of sp³-hybridized carbons (Fsp3) is 0.478. The van der Waals surface area contributed by atoms with Crippen LogP contribution in [0.5, 0.6) is 0 Å². The van der Waals surface area contributed by atoms with Crippen LogP contribution in [0.4, 0.5) is 17.3 Å². The lowest BCUT2D eigenvalue weighted by atomic mass is 9.97. The number of ether oxygens (including phenoxy) is 2. The largest absolute Gasteiger partial charge is 0.488 e.